The highest BCUT2D eigenvalue weighted by molar-refractivity contribution is 5.99. The summed E-state index contributed by atoms with van der Waals surface area (Å²) in [7, 11) is 0. The van der Waals surface area contributed by atoms with Crippen LogP contribution in [0.3, 0.4) is 0 Å². The molecule has 0 N–H and O–H groups in total. The highest BCUT2D eigenvalue weighted by Crippen LogP contribution is 2.28. The largest absolute Gasteiger partial charge is 0.326 e. The van der Waals surface area contributed by atoms with Gasteiger partial charge in [0.15, 0.2) is 5.78 Å². The standard InChI is InChI=1S/C13H14FNO2/c1-13(2)7-9(16)8-15(13)12(17)10-5-3-4-6-11(10)14/h3-6H,7-8H2,1-2H3. The molecule has 1 aliphatic heterocycles. The summed E-state index contributed by atoms with van der Waals surface area (Å²) in [5.41, 5.74) is -0.508. The second-order valence-corrected chi connectivity index (χ2v) is 4.90. The van der Waals surface area contributed by atoms with E-state index in [1.165, 1.54) is 23.1 Å². The van der Waals surface area contributed by atoms with E-state index in [1.54, 1.807) is 6.07 Å². The van der Waals surface area contributed by atoms with Crippen molar-refractivity contribution in [2.24, 2.45) is 0 Å². The van der Waals surface area contributed by atoms with Crippen molar-refractivity contribution in [2.75, 3.05) is 6.54 Å². The van der Waals surface area contributed by atoms with Gasteiger partial charge in [0, 0.05) is 12.0 Å². The van der Waals surface area contributed by atoms with Gasteiger partial charge >= 0.3 is 0 Å². The van der Waals surface area contributed by atoms with Gasteiger partial charge in [0.25, 0.3) is 5.91 Å². The molecule has 1 fully saturated rings. The van der Waals surface area contributed by atoms with Crippen LogP contribution in [0.5, 0.6) is 0 Å². The Morgan fingerprint density at radius 2 is 2.00 bits per heavy atom. The van der Waals surface area contributed by atoms with Gasteiger partial charge in [-0.3, -0.25) is 9.59 Å². The first-order valence-electron chi connectivity index (χ1n) is 5.50. The Morgan fingerprint density at radius 3 is 2.53 bits per heavy atom. The van der Waals surface area contributed by atoms with Crippen LogP contribution in [0.4, 0.5) is 4.39 Å². The van der Waals surface area contributed by atoms with E-state index in [0.29, 0.717) is 6.42 Å². The molecule has 3 nitrogen and oxygen atoms in total. The van der Waals surface area contributed by atoms with Crippen molar-refractivity contribution in [3.8, 4) is 0 Å². The maximum absolute atomic E-state index is 13.5. The smallest absolute Gasteiger partial charge is 0.257 e. The van der Waals surface area contributed by atoms with E-state index in [-0.39, 0.29) is 17.9 Å². The van der Waals surface area contributed by atoms with Crippen LogP contribution in [0.15, 0.2) is 24.3 Å². The third kappa shape index (κ3) is 2.07. The quantitative estimate of drug-likeness (QED) is 0.746. The topological polar surface area (TPSA) is 37.4 Å². The van der Waals surface area contributed by atoms with E-state index in [1.807, 2.05) is 13.8 Å². The molecule has 90 valence electrons. The van der Waals surface area contributed by atoms with Gasteiger partial charge in [-0.1, -0.05) is 12.1 Å². The van der Waals surface area contributed by atoms with Crippen molar-refractivity contribution in [2.45, 2.75) is 25.8 Å². The molecule has 1 amide bonds. The molecule has 0 radical (unpaired) electrons. The number of Topliss-reactive ketones (excluding diaryl/α,β-unsaturated/α-hetero) is 1. The zero-order valence-corrected chi connectivity index (χ0v) is 9.87. The Bertz CT molecular complexity index is 482. The number of benzene rings is 1. The molecule has 0 unspecified atom stereocenters. The third-order valence-electron chi connectivity index (χ3n) is 3.04. The van der Waals surface area contributed by atoms with Crippen molar-refractivity contribution in [3.05, 3.63) is 35.6 Å². The number of hydrogen-bond acceptors (Lipinski definition) is 2. The second-order valence-electron chi connectivity index (χ2n) is 4.90. The van der Waals surface area contributed by atoms with Crippen molar-refractivity contribution in [1.82, 2.24) is 4.90 Å². The molecule has 0 aliphatic carbocycles. The van der Waals surface area contributed by atoms with Gasteiger partial charge in [-0.15, -0.1) is 0 Å². The predicted octanol–water partition coefficient (Wildman–Crippen LogP) is 2.02. The summed E-state index contributed by atoms with van der Waals surface area (Å²) in [6.45, 7) is 3.70. The zero-order valence-electron chi connectivity index (χ0n) is 9.87. The summed E-state index contributed by atoms with van der Waals surface area (Å²) >= 11 is 0. The second kappa shape index (κ2) is 3.95. The van der Waals surface area contributed by atoms with E-state index in [9.17, 15) is 14.0 Å². The first-order chi connectivity index (χ1) is 7.92. The molecule has 1 saturated heterocycles. The Balaban J connectivity index is 2.33. The Kier molecular flexibility index (Phi) is 2.73. The summed E-state index contributed by atoms with van der Waals surface area (Å²) in [5.74, 6) is -0.953. The highest BCUT2D eigenvalue weighted by Gasteiger charge is 2.41. The molecule has 0 bridgehead atoms. The summed E-state index contributed by atoms with van der Waals surface area (Å²) in [6.07, 6.45) is 0.327. The molecule has 2 rings (SSSR count). The van der Waals surface area contributed by atoms with Gasteiger partial charge in [-0.2, -0.15) is 0 Å². The monoisotopic (exact) mass is 235 g/mol. The van der Waals surface area contributed by atoms with Crippen molar-refractivity contribution < 1.29 is 14.0 Å². The van der Waals surface area contributed by atoms with Crippen LogP contribution in [0.1, 0.15) is 30.6 Å². The number of likely N-dealkylation sites (tertiary alicyclic amines) is 1. The number of rotatable bonds is 1. The fraction of sp³-hybridized carbons (Fsp3) is 0.385. The fourth-order valence-corrected chi connectivity index (χ4v) is 2.15. The normalized spacial score (nSPS) is 18.5. The molecular formula is C13H14FNO2. The Labute approximate surface area is 99.2 Å². The van der Waals surface area contributed by atoms with Crippen LogP contribution in [0.2, 0.25) is 0 Å². The molecule has 17 heavy (non-hydrogen) atoms. The van der Waals surface area contributed by atoms with E-state index in [4.69, 9.17) is 0 Å². The molecule has 1 aromatic carbocycles. The average molecular weight is 235 g/mol. The van der Waals surface area contributed by atoms with Gasteiger partial charge in [0.1, 0.15) is 5.82 Å². The molecule has 1 aliphatic rings. The lowest BCUT2D eigenvalue weighted by Gasteiger charge is -2.30. The minimum absolute atomic E-state index is 0.0136. The maximum atomic E-state index is 13.5. The zero-order chi connectivity index (χ0) is 12.6. The Hall–Kier alpha value is -1.71. The molecule has 1 heterocycles. The van der Waals surface area contributed by atoms with Crippen molar-refractivity contribution in [1.29, 1.82) is 0 Å². The lowest BCUT2D eigenvalue weighted by molar-refractivity contribution is -0.116. The number of carbonyl (C=O) groups excluding carboxylic acids is 2. The maximum Gasteiger partial charge on any atom is 0.257 e. The molecular weight excluding hydrogens is 221 g/mol. The van der Waals surface area contributed by atoms with E-state index in [0.717, 1.165) is 0 Å². The minimum Gasteiger partial charge on any atom is -0.326 e. The fourth-order valence-electron chi connectivity index (χ4n) is 2.15. The summed E-state index contributed by atoms with van der Waals surface area (Å²) in [5, 5.41) is 0. The van der Waals surface area contributed by atoms with Gasteiger partial charge < -0.3 is 4.90 Å². The highest BCUT2D eigenvalue weighted by atomic mass is 19.1. The Morgan fingerprint density at radius 1 is 1.35 bits per heavy atom. The molecule has 0 saturated carbocycles. The number of nitrogens with zero attached hydrogens (tertiary/aromatic N) is 1. The van der Waals surface area contributed by atoms with Gasteiger partial charge in [-0.05, 0) is 26.0 Å². The lowest BCUT2D eigenvalue weighted by atomic mass is 10.0. The van der Waals surface area contributed by atoms with Crippen LogP contribution in [0, 0.1) is 5.82 Å². The number of ketones is 1. The van der Waals surface area contributed by atoms with E-state index in [2.05, 4.69) is 0 Å². The predicted molar refractivity (Wildman–Crippen MR) is 61.1 cm³/mol. The number of amides is 1. The van der Waals surface area contributed by atoms with Crippen molar-refractivity contribution in [3.63, 3.8) is 0 Å². The van der Waals surface area contributed by atoms with Crippen molar-refractivity contribution >= 4 is 11.7 Å². The summed E-state index contributed by atoms with van der Waals surface area (Å²) in [4.78, 5) is 25.0. The van der Waals surface area contributed by atoms with E-state index >= 15 is 0 Å². The molecule has 1 aromatic rings. The molecule has 0 spiro atoms. The summed E-state index contributed by atoms with van der Waals surface area (Å²) in [6, 6.07) is 5.84. The number of carbonyl (C=O) groups is 2. The molecule has 0 atom stereocenters. The van der Waals surface area contributed by atoms with Crippen LogP contribution in [-0.4, -0.2) is 28.7 Å². The van der Waals surface area contributed by atoms with Crippen LogP contribution >= 0.6 is 0 Å². The van der Waals surface area contributed by atoms with Gasteiger partial charge in [-0.25, -0.2) is 4.39 Å². The first kappa shape index (κ1) is 11.8. The van der Waals surface area contributed by atoms with Crippen LogP contribution in [-0.2, 0) is 4.79 Å². The van der Waals surface area contributed by atoms with Crippen LogP contribution < -0.4 is 0 Å². The number of halogens is 1. The van der Waals surface area contributed by atoms with Gasteiger partial charge in [0.05, 0.1) is 12.1 Å². The first-order valence-corrected chi connectivity index (χ1v) is 5.50. The number of hydrogen-bond donors (Lipinski definition) is 0. The third-order valence-corrected chi connectivity index (χ3v) is 3.04. The van der Waals surface area contributed by atoms with E-state index < -0.39 is 17.3 Å². The van der Waals surface area contributed by atoms with Gasteiger partial charge in [0.2, 0.25) is 0 Å². The molecule has 4 heteroatoms. The van der Waals surface area contributed by atoms with Crippen LogP contribution in [0.25, 0.3) is 0 Å². The minimum atomic E-state index is -0.548. The SMILES string of the molecule is CC1(C)CC(=O)CN1C(=O)c1ccccc1F. The lowest BCUT2D eigenvalue weighted by Crippen LogP contribution is -2.43. The molecule has 0 aromatic heterocycles. The average Bonchev–Trinajstić information content (AvgIpc) is 2.51. The summed E-state index contributed by atoms with van der Waals surface area (Å²) < 4.78 is 13.5.